The molecule has 0 fully saturated rings. The molecule has 0 radical (unpaired) electrons. The molecule has 0 saturated heterocycles. The van der Waals surface area contributed by atoms with Crippen molar-refractivity contribution in [2.75, 3.05) is 13.1 Å². The molecule has 12 heteroatoms. The molecule has 0 aromatic carbocycles. The third-order valence-corrected chi connectivity index (χ3v) is 2.48. The highest BCUT2D eigenvalue weighted by atomic mass is 16.4. The summed E-state index contributed by atoms with van der Waals surface area (Å²) in [4.78, 5) is 39.5. The molecule has 0 aliphatic heterocycles. The van der Waals surface area contributed by atoms with Gasteiger partial charge in [0.2, 0.25) is 5.91 Å². The number of hydrogen-bond acceptors (Lipinski definition) is 8. The Kier molecular flexibility index (Phi) is 19.9. The lowest BCUT2D eigenvalue weighted by molar-refractivity contribution is -0.139. The predicted molar refractivity (Wildman–Crippen MR) is 89.2 cm³/mol. The molecule has 0 aliphatic carbocycles. The fourth-order valence-electron chi connectivity index (χ4n) is 1.05. The maximum atomic E-state index is 10.1. The number of carboxylic acids is 3. The van der Waals surface area contributed by atoms with Gasteiger partial charge in [0.25, 0.3) is 0 Å². The Morgan fingerprint density at radius 1 is 0.800 bits per heavy atom. The number of primary amides is 1. The van der Waals surface area contributed by atoms with Crippen molar-refractivity contribution in [2.45, 2.75) is 44.2 Å². The van der Waals surface area contributed by atoms with Crippen molar-refractivity contribution in [3.05, 3.63) is 0 Å². The summed E-state index contributed by atoms with van der Waals surface area (Å²) in [5.41, 5.74) is 24.8. The standard InChI is InChI=1S/C6H14N2O2.C5H10N2O3.C2H5NO2/c7-4-2-1-3-5(8)6(9)10;6-3(5(9)10)1-2-4(7)8;3-1-2(4)5/h5H,1-4,7-8H2,(H,9,10);3H,1-2,6H2,(H2,7,8)(H,9,10);1,3H2,(H,4,5)/t5-;3-;/m00./s1. The van der Waals surface area contributed by atoms with E-state index in [1.807, 2.05) is 0 Å². The molecule has 0 bridgehead atoms. The van der Waals surface area contributed by atoms with Gasteiger partial charge in [0, 0.05) is 6.42 Å². The van der Waals surface area contributed by atoms with Crippen LogP contribution in [0.5, 0.6) is 0 Å². The lowest BCUT2D eigenvalue weighted by Crippen LogP contribution is -2.31. The minimum Gasteiger partial charge on any atom is -0.480 e. The summed E-state index contributed by atoms with van der Waals surface area (Å²) in [6.07, 6.45) is 2.29. The smallest absolute Gasteiger partial charge is 0.320 e. The van der Waals surface area contributed by atoms with E-state index < -0.39 is 35.9 Å². The molecule has 0 spiro atoms. The second-order valence-electron chi connectivity index (χ2n) is 4.78. The molecular formula is C13H29N5O7. The van der Waals surface area contributed by atoms with Crippen LogP contribution in [0.3, 0.4) is 0 Å². The van der Waals surface area contributed by atoms with Gasteiger partial charge in [-0.1, -0.05) is 6.42 Å². The van der Waals surface area contributed by atoms with Gasteiger partial charge in [-0.2, -0.15) is 0 Å². The van der Waals surface area contributed by atoms with E-state index in [-0.39, 0.29) is 19.4 Å². The monoisotopic (exact) mass is 367 g/mol. The Hall–Kier alpha value is -2.28. The van der Waals surface area contributed by atoms with Gasteiger partial charge in [-0.25, -0.2) is 0 Å². The minimum atomic E-state index is -1.11. The number of amides is 1. The molecule has 0 aromatic rings. The zero-order chi connectivity index (χ0) is 20.4. The topological polar surface area (TPSA) is 259 Å². The van der Waals surface area contributed by atoms with Crippen molar-refractivity contribution < 1.29 is 34.5 Å². The summed E-state index contributed by atoms with van der Waals surface area (Å²) in [5, 5.41) is 24.1. The third kappa shape index (κ3) is 26.9. The molecule has 2 atom stereocenters. The highest BCUT2D eigenvalue weighted by molar-refractivity contribution is 5.77. The summed E-state index contributed by atoms with van der Waals surface area (Å²) < 4.78 is 0. The fourth-order valence-corrected chi connectivity index (χ4v) is 1.05. The van der Waals surface area contributed by atoms with Crippen molar-refractivity contribution >= 4 is 23.8 Å². The molecule has 13 N–H and O–H groups in total. The van der Waals surface area contributed by atoms with Gasteiger partial charge in [-0.05, 0) is 25.8 Å². The molecule has 0 aliphatic rings. The minimum absolute atomic E-state index is 0.0213. The van der Waals surface area contributed by atoms with Crippen LogP contribution in [-0.4, -0.2) is 64.3 Å². The van der Waals surface area contributed by atoms with Crippen molar-refractivity contribution in [1.29, 1.82) is 0 Å². The van der Waals surface area contributed by atoms with Crippen LogP contribution in [0.4, 0.5) is 0 Å². The van der Waals surface area contributed by atoms with E-state index in [9.17, 15) is 19.2 Å². The van der Waals surface area contributed by atoms with Crippen molar-refractivity contribution in [3.63, 3.8) is 0 Å². The van der Waals surface area contributed by atoms with Crippen LogP contribution in [0.15, 0.2) is 0 Å². The van der Waals surface area contributed by atoms with Gasteiger partial charge in [0.05, 0.1) is 6.54 Å². The molecule has 25 heavy (non-hydrogen) atoms. The third-order valence-electron chi connectivity index (χ3n) is 2.48. The zero-order valence-electron chi connectivity index (χ0n) is 14.0. The van der Waals surface area contributed by atoms with Gasteiger partial charge in [-0.15, -0.1) is 0 Å². The van der Waals surface area contributed by atoms with Crippen LogP contribution in [0.25, 0.3) is 0 Å². The van der Waals surface area contributed by atoms with Gasteiger partial charge in [0.1, 0.15) is 12.1 Å². The Bertz CT molecular complexity index is 406. The van der Waals surface area contributed by atoms with Crippen LogP contribution in [-0.2, 0) is 19.2 Å². The number of rotatable bonds is 10. The number of unbranched alkanes of at least 4 members (excludes halogenated alkanes) is 1. The number of hydrogen-bond donors (Lipinski definition) is 8. The first kappa shape index (κ1) is 27.6. The predicted octanol–water partition coefficient (Wildman–Crippen LogP) is -2.78. The van der Waals surface area contributed by atoms with Crippen LogP contribution in [0.2, 0.25) is 0 Å². The molecule has 0 saturated carbocycles. The summed E-state index contributed by atoms with van der Waals surface area (Å²) in [5.74, 6) is -3.54. The average molecular weight is 367 g/mol. The van der Waals surface area contributed by atoms with E-state index >= 15 is 0 Å². The maximum absolute atomic E-state index is 10.1. The van der Waals surface area contributed by atoms with Gasteiger partial charge in [0.15, 0.2) is 0 Å². The first-order chi connectivity index (χ1) is 11.5. The Labute approximate surface area is 145 Å². The summed E-state index contributed by atoms with van der Waals surface area (Å²) in [7, 11) is 0. The van der Waals surface area contributed by atoms with E-state index in [1.54, 1.807) is 0 Å². The van der Waals surface area contributed by atoms with Crippen LogP contribution in [0, 0.1) is 0 Å². The Morgan fingerprint density at radius 2 is 1.20 bits per heavy atom. The molecule has 0 heterocycles. The lowest BCUT2D eigenvalue weighted by atomic mass is 10.1. The summed E-state index contributed by atoms with van der Waals surface area (Å²) in [6, 6.07) is -1.70. The van der Waals surface area contributed by atoms with Crippen LogP contribution < -0.4 is 28.7 Å². The molecule has 1 amide bonds. The maximum Gasteiger partial charge on any atom is 0.320 e. The van der Waals surface area contributed by atoms with Gasteiger partial charge >= 0.3 is 17.9 Å². The summed E-state index contributed by atoms with van der Waals surface area (Å²) in [6.45, 7) is 0.326. The van der Waals surface area contributed by atoms with Crippen LogP contribution >= 0.6 is 0 Å². The van der Waals surface area contributed by atoms with Crippen molar-refractivity contribution in [2.24, 2.45) is 28.7 Å². The van der Waals surface area contributed by atoms with E-state index in [1.165, 1.54) is 0 Å². The number of carbonyl (C=O) groups is 4. The number of carboxylic acid groups (broad SMARTS) is 3. The Morgan fingerprint density at radius 3 is 1.48 bits per heavy atom. The molecule has 0 aromatic heterocycles. The SMILES string of the molecule is NC(=O)CC[C@H](N)C(=O)O.NCC(=O)O.NCCCC[C@H](N)C(=O)O. The lowest BCUT2D eigenvalue weighted by Gasteiger charge is -2.03. The Balaban J connectivity index is -0.000000308. The quantitative estimate of drug-likeness (QED) is 0.183. The van der Waals surface area contributed by atoms with E-state index in [0.717, 1.165) is 12.8 Å². The van der Waals surface area contributed by atoms with Crippen molar-refractivity contribution in [1.82, 2.24) is 0 Å². The fraction of sp³-hybridized carbons (Fsp3) is 0.692. The van der Waals surface area contributed by atoms with Crippen LogP contribution in [0.1, 0.15) is 32.1 Å². The van der Waals surface area contributed by atoms with E-state index in [4.69, 9.17) is 38.3 Å². The molecule has 0 rings (SSSR count). The molecule has 12 nitrogen and oxygen atoms in total. The van der Waals surface area contributed by atoms with E-state index in [0.29, 0.717) is 13.0 Å². The number of carbonyl (C=O) groups excluding carboxylic acids is 1. The summed E-state index contributed by atoms with van der Waals surface area (Å²) >= 11 is 0. The molecular weight excluding hydrogens is 338 g/mol. The van der Waals surface area contributed by atoms with Gasteiger partial charge < -0.3 is 44.0 Å². The first-order valence-electron chi connectivity index (χ1n) is 7.36. The second kappa shape index (κ2) is 18.1. The van der Waals surface area contributed by atoms with E-state index in [2.05, 4.69) is 5.73 Å². The number of aliphatic carboxylic acids is 3. The largest absolute Gasteiger partial charge is 0.480 e. The van der Waals surface area contributed by atoms with Crippen molar-refractivity contribution in [3.8, 4) is 0 Å². The second-order valence-corrected chi connectivity index (χ2v) is 4.78. The molecule has 148 valence electrons. The normalized spacial score (nSPS) is 11.7. The highest BCUT2D eigenvalue weighted by Gasteiger charge is 2.11. The number of nitrogens with two attached hydrogens (primary N) is 5. The highest BCUT2D eigenvalue weighted by Crippen LogP contribution is 1.97. The molecule has 0 unspecified atom stereocenters. The van der Waals surface area contributed by atoms with Gasteiger partial charge in [-0.3, -0.25) is 19.2 Å². The first-order valence-corrected chi connectivity index (χ1v) is 7.36. The zero-order valence-corrected chi connectivity index (χ0v) is 14.0. The average Bonchev–Trinajstić information content (AvgIpc) is 2.53.